The molecule has 6 aromatic rings. The molecule has 0 amide bonds. The van der Waals surface area contributed by atoms with E-state index >= 15 is 4.57 Å². The Bertz CT molecular complexity index is 1770. The van der Waals surface area contributed by atoms with Crippen LogP contribution in [0.15, 0.2) is 103 Å². The Morgan fingerprint density at radius 3 is 1.37 bits per heavy atom. The summed E-state index contributed by atoms with van der Waals surface area (Å²) in [5.74, 6) is 0. The van der Waals surface area contributed by atoms with E-state index in [1.54, 1.807) is 12.1 Å². The van der Waals surface area contributed by atoms with Gasteiger partial charge in [0.25, 0.3) is 0 Å². The van der Waals surface area contributed by atoms with Crippen molar-refractivity contribution in [3.05, 3.63) is 114 Å². The van der Waals surface area contributed by atoms with Gasteiger partial charge in [-0.25, -0.2) is 0 Å². The van der Waals surface area contributed by atoms with E-state index < -0.39 is 30.6 Å². The Kier molecular flexibility index (Phi) is 5.38. The summed E-state index contributed by atoms with van der Waals surface area (Å²) in [6.45, 7) is 0. The van der Waals surface area contributed by atoms with Crippen LogP contribution in [0.1, 0.15) is 11.1 Å². The molecule has 0 radical (unpaired) electrons. The zero-order valence-corrected chi connectivity index (χ0v) is 20.3. The minimum atomic E-state index is -4.59. The lowest BCUT2D eigenvalue weighted by Crippen LogP contribution is -2.26. The maximum absolute atomic E-state index is 15.1. The van der Waals surface area contributed by atoms with E-state index in [0.29, 0.717) is 10.7 Å². The highest BCUT2D eigenvalue weighted by Gasteiger charge is 2.36. The first kappa shape index (κ1) is 24.5. The third kappa shape index (κ3) is 3.76. The topological polar surface area (TPSA) is 17.1 Å². The molecule has 0 bridgehead atoms. The highest BCUT2D eigenvalue weighted by atomic mass is 31.2. The zero-order chi connectivity index (χ0) is 26.9. The summed E-state index contributed by atoms with van der Waals surface area (Å²) in [7, 11) is -3.91. The highest BCUT2D eigenvalue weighted by Crippen LogP contribution is 2.47. The van der Waals surface area contributed by atoms with Crippen LogP contribution in [0.4, 0.5) is 26.3 Å². The molecule has 0 fully saturated rings. The largest absolute Gasteiger partial charge is 0.416 e. The maximum atomic E-state index is 15.1. The van der Waals surface area contributed by atoms with Crippen molar-refractivity contribution in [2.45, 2.75) is 12.4 Å². The summed E-state index contributed by atoms with van der Waals surface area (Å²) in [4.78, 5) is 0. The number of hydrogen-bond acceptors (Lipinski definition) is 1. The molecule has 38 heavy (non-hydrogen) atoms. The van der Waals surface area contributed by atoms with Crippen molar-refractivity contribution in [3.8, 4) is 0 Å². The van der Waals surface area contributed by atoms with Gasteiger partial charge in [-0.05, 0) is 62.6 Å². The van der Waals surface area contributed by atoms with Gasteiger partial charge in [-0.15, -0.1) is 0 Å². The summed E-state index contributed by atoms with van der Waals surface area (Å²) in [5.41, 5.74) is -1.81. The Balaban J connectivity index is 1.67. The van der Waals surface area contributed by atoms with E-state index in [1.807, 2.05) is 42.5 Å². The second kappa shape index (κ2) is 8.34. The second-order valence-corrected chi connectivity index (χ2v) is 11.9. The lowest BCUT2D eigenvalue weighted by molar-refractivity contribution is -0.138. The number of alkyl halides is 6. The van der Waals surface area contributed by atoms with Gasteiger partial charge in [-0.1, -0.05) is 72.8 Å². The normalized spacial score (nSPS) is 13.1. The smallest absolute Gasteiger partial charge is 0.309 e. The summed E-state index contributed by atoms with van der Waals surface area (Å²) in [6, 6.07) is 24.9. The average molecular weight is 538 g/mol. The Hall–Kier alpha value is -3.83. The third-order valence-electron chi connectivity index (χ3n) is 6.96. The van der Waals surface area contributed by atoms with Crippen LogP contribution in [-0.2, 0) is 16.9 Å². The number of hydrogen-bond donors (Lipinski definition) is 0. The van der Waals surface area contributed by atoms with E-state index in [0.717, 1.165) is 75.5 Å². The fourth-order valence-corrected chi connectivity index (χ4v) is 7.94. The predicted octanol–water partition coefficient (Wildman–Crippen LogP) is 8.26. The first-order valence-electron chi connectivity index (χ1n) is 11.6. The van der Waals surface area contributed by atoms with E-state index in [9.17, 15) is 26.3 Å². The molecular formula is C30H17F6OP. The van der Waals surface area contributed by atoms with Gasteiger partial charge in [0.15, 0.2) is 7.14 Å². The molecule has 0 aliphatic rings. The van der Waals surface area contributed by atoms with Gasteiger partial charge in [0.1, 0.15) is 0 Å². The van der Waals surface area contributed by atoms with Crippen LogP contribution in [0, 0.1) is 0 Å². The van der Waals surface area contributed by atoms with Gasteiger partial charge >= 0.3 is 12.4 Å². The fraction of sp³-hybridized carbons (Fsp3) is 0.0667. The van der Waals surface area contributed by atoms with Crippen molar-refractivity contribution in [2.24, 2.45) is 0 Å². The minimum absolute atomic E-state index is 0.0975. The fourth-order valence-electron chi connectivity index (χ4n) is 5.14. The Morgan fingerprint density at radius 1 is 0.474 bits per heavy atom. The van der Waals surface area contributed by atoms with Gasteiger partial charge in [0.05, 0.1) is 11.1 Å². The number of halogens is 6. The van der Waals surface area contributed by atoms with Crippen LogP contribution in [0.25, 0.3) is 32.3 Å². The quantitative estimate of drug-likeness (QED) is 0.126. The van der Waals surface area contributed by atoms with Crippen LogP contribution in [0.2, 0.25) is 0 Å². The Morgan fingerprint density at radius 2 is 0.895 bits per heavy atom. The molecule has 0 heterocycles. The predicted molar refractivity (Wildman–Crippen MR) is 140 cm³/mol. The zero-order valence-electron chi connectivity index (χ0n) is 19.4. The Labute approximate surface area is 213 Å². The van der Waals surface area contributed by atoms with Crippen LogP contribution >= 0.6 is 7.14 Å². The van der Waals surface area contributed by atoms with Crippen molar-refractivity contribution >= 4 is 55.4 Å². The molecule has 0 unspecified atom stereocenters. The molecule has 0 aliphatic heterocycles. The molecule has 6 aromatic carbocycles. The van der Waals surface area contributed by atoms with Crippen LogP contribution in [-0.4, -0.2) is 0 Å². The first-order chi connectivity index (χ1) is 18.0. The van der Waals surface area contributed by atoms with Crippen molar-refractivity contribution in [1.29, 1.82) is 0 Å². The summed E-state index contributed by atoms with van der Waals surface area (Å²) < 4.78 is 94.8. The minimum Gasteiger partial charge on any atom is -0.309 e. The van der Waals surface area contributed by atoms with Crippen molar-refractivity contribution in [1.82, 2.24) is 0 Å². The third-order valence-corrected chi connectivity index (χ3v) is 10.1. The standard InChI is InChI=1S/C30H17F6OP/c31-29(32,33)21-8-12-23(13-9-21)38(37,24-14-10-22(11-15-24)30(34,35)36)26-17-7-20-5-4-18-2-1-3-19-6-16-25(26)28(20)27(18)19/h1-17H. The first-order valence-corrected chi connectivity index (χ1v) is 13.3. The lowest BCUT2D eigenvalue weighted by Gasteiger charge is -2.24. The molecule has 8 heteroatoms. The van der Waals surface area contributed by atoms with Gasteiger partial charge in [-0.3, -0.25) is 0 Å². The number of benzene rings is 6. The molecule has 0 aliphatic carbocycles. The van der Waals surface area contributed by atoms with Gasteiger partial charge < -0.3 is 4.57 Å². The second-order valence-electron chi connectivity index (χ2n) is 9.14. The van der Waals surface area contributed by atoms with E-state index in [2.05, 4.69) is 0 Å². The van der Waals surface area contributed by atoms with Crippen LogP contribution in [0.3, 0.4) is 0 Å². The molecule has 0 saturated heterocycles. The molecule has 0 atom stereocenters. The molecular weight excluding hydrogens is 521 g/mol. The number of rotatable bonds is 3. The molecule has 0 spiro atoms. The SMILES string of the molecule is O=P(c1ccc(C(F)(F)F)cc1)(c1ccc(C(F)(F)F)cc1)c1ccc2ccc3cccc4ccc1c2c34. The van der Waals surface area contributed by atoms with Crippen molar-refractivity contribution in [3.63, 3.8) is 0 Å². The van der Waals surface area contributed by atoms with Crippen LogP contribution in [0.5, 0.6) is 0 Å². The monoisotopic (exact) mass is 538 g/mol. The van der Waals surface area contributed by atoms with Gasteiger partial charge in [0.2, 0.25) is 0 Å². The van der Waals surface area contributed by atoms with Crippen molar-refractivity contribution < 1.29 is 30.9 Å². The lowest BCUT2D eigenvalue weighted by atomic mass is 9.94. The van der Waals surface area contributed by atoms with E-state index in [4.69, 9.17) is 0 Å². The molecule has 0 N–H and O–H groups in total. The molecule has 190 valence electrons. The van der Waals surface area contributed by atoms with E-state index in [-0.39, 0.29) is 10.6 Å². The summed E-state index contributed by atoms with van der Waals surface area (Å²) in [5, 5.41) is 5.80. The molecule has 0 saturated carbocycles. The molecule has 0 aromatic heterocycles. The molecule has 1 nitrogen and oxygen atoms in total. The highest BCUT2D eigenvalue weighted by molar-refractivity contribution is 7.85. The van der Waals surface area contributed by atoms with E-state index in [1.165, 1.54) is 0 Å². The summed E-state index contributed by atoms with van der Waals surface area (Å²) >= 11 is 0. The van der Waals surface area contributed by atoms with Crippen molar-refractivity contribution in [2.75, 3.05) is 0 Å². The average Bonchev–Trinajstić information content (AvgIpc) is 2.90. The maximum Gasteiger partial charge on any atom is 0.416 e. The van der Waals surface area contributed by atoms with Gasteiger partial charge in [0, 0.05) is 15.9 Å². The van der Waals surface area contributed by atoms with Crippen LogP contribution < -0.4 is 15.9 Å². The molecule has 6 rings (SSSR count). The van der Waals surface area contributed by atoms with Gasteiger partial charge in [-0.2, -0.15) is 26.3 Å². The summed E-state index contributed by atoms with van der Waals surface area (Å²) in [6.07, 6.45) is -9.19.